The molecule has 6 heteroatoms. The average molecular weight is 335 g/mol. The lowest BCUT2D eigenvalue weighted by Crippen LogP contribution is -2.28. The van der Waals surface area contributed by atoms with E-state index in [0.717, 1.165) is 17.7 Å². The number of nitrogen functional groups attached to an aromatic ring is 1. The number of aromatic nitrogens is 3. The van der Waals surface area contributed by atoms with Crippen LogP contribution in [0.5, 0.6) is 5.75 Å². The molecule has 3 aromatic rings. The van der Waals surface area contributed by atoms with Gasteiger partial charge in [0.2, 0.25) is 11.9 Å². The summed E-state index contributed by atoms with van der Waals surface area (Å²) in [5.41, 5.74) is 9.49. The van der Waals surface area contributed by atoms with Crippen LogP contribution in [0.3, 0.4) is 0 Å². The van der Waals surface area contributed by atoms with Crippen LogP contribution in [0.1, 0.15) is 35.2 Å². The SMILES string of the molecule is COc1ccc([C@H]2C[C@H](c3ccc(C)cc3)Nc3nc(N)nn32)cc1. The second-order valence-electron chi connectivity index (χ2n) is 6.37. The smallest absolute Gasteiger partial charge is 0.241 e. The second kappa shape index (κ2) is 6.12. The van der Waals surface area contributed by atoms with Crippen molar-refractivity contribution in [3.05, 3.63) is 65.2 Å². The predicted molar refractivity (Wildman–Crippen MR) is 97.7 cm³/mol. The molecule has 0 radical (unpaired) electrons. The van der Waals surface area contributed by atoms with E-state index in [2.05, 4.69) is 58.7 Å². The summed E-state index contributed by atoms with van der Waals surface area (Å²) in [5, 5.41) is 7.84. The Labute approximate surface area is 146 Å². The molecule has 0 fully saturated rings. The molecule has 0 aliphatic carbocycles. The van der Waals surface area contributed by atoms with Gasteiger partial charge in [0.25, 0.3) is 0 Å². The summed E-state index contributed by atoms with van der Waals surface area (Å²) in [6, 6.07) is 16.9. The number of ether oxygens (including phenoxy) is 1. The van der Waals surface area contributed by atoms with Crippen molar-refractivity contribution in [2.75, 3.05) is 18.2 Å². The Balaban J connectivity index is 1.72. The van der Waals surface area contributed by atoms with Gasteiger partial charge in [0, 0.05) is 0 Å². The van der Waals surface area contributed by atoms with Gasteiger partial charge in [0.05, 0.1) is 19.2 Å². The van der Waals surface area contributed by atoms with Crippen LogP contribution in [0.15, 0.2) is 48.5 Å². The van der Waals surface area contributed by atoms with Crippen molar-refractivity contribution in [1.29, 1.82) is 0 Å². The number of aryl methyl sites for hydroxylation is 1. The van der Waals surface area contributed by atoms with Gasteiger partial charge in [-0.15, -0.1) is 5.10 Å². The molecule has 0 spiro atoms. The highest BCUT2D eigenvalue weighted by molar-refractivity contribution is 5.42. The van der Waals surface area contributed by atoms with Crippen molar-refractivity contribution in [3.8, 4) is 5.75 Å². The number of nitrogens with two attached hydrogens (primary N) is 1. The molecule has 3 N–H and O–H groups in total. The number of nitrogens with one attached hydrogen (secondary N) is 1. The fraction of sp³-hybridized carbons (Fsp3) is 0.263. The minimum Gasteiger partial charge on any atom is -0.497 e. The summed E-state index contributed by atoms with van der Waals surface area (Å²) in [7, 11) is 1.67. The minimum absolute atomic E-state index is 0.0678. The van der Waals surface area contributed by atoms with Crippen molar-refractivity contribution < 1.29 is 4.74 Å². The Hall–Kier alpha value is -3.02. The van der Waals surface area contributed by atoms with E-state index in [0.29, 0.717) is 5.95 Å². The number of anilines is 2. The lowest BCUT2D eigenvalue weighted by Gasteiger charge is -2.31. The van der Waals surface area contributed by atoms with Gasteiger partial charge in [0.15, 0.2) is 0 Å². The summed E-state index contributed by atoms with van der Waals surface area (Å²) < 4.78 is 7.14. The van der Waals surface area contributed by atoms with Gasteiger partial charge in [-0.1, -0.05) is 42.0 Å². The van der Waals surface area contributed by atoms with Crippen LogP contribution in [0.2, 0.25) is 0 Å². The maximum absolute atomic E-state index is 5.85. The fourth-order valence-electron chi connectivity index (χ4n) is 3.31. The maximum atomic E-state index is 5.85. The molecule has 2 aromatic carbocycles. The highest BCUT2D eigenvalue weighted by Crippen LogP contribution is 2.38. The molecule has 1 aliphatic heterocycles. The molecule has 0 bridgehead atoms. The summed E-state index contributed by atoms with van der Waals surface area (Å²) in [6.07, 6.45) is 0.866. The van der Waals surface area contributed by atoms with Crippen LogP contribution >= 0.6 is 0 Å². The first-order valence-corrected chi connectivity index (χ1v) is 8.33. The molecule has 0 saturated heterocycles. The van der Waals surface area contributed by atoms with E-state index < -0.39 is 0 Å². The normalized spacial score (nSPS) is 19.1. The molecule has 0 amide bonds. The predicted octanol–water partition coefficient (Wildman–Crippen LogP) is 3.32. The van der Waals surface area contributed by atoms with E-state index in [1.54, 1.807) is 7.11 Å². The first-order chi connectivity index (χ1) is 12.1. The molecule has 1 aromatic heterocycles. The number of hydrogen-bond donors (Lipinski definition) is 2. The van der Waals surface area contributed by atoms with E-state index in [1.807, 2.05) is 16.8 Å². The van der Waals surface area contributed by atoms with Crippen molar-refractivity contribution >= 4 is 11.9 Å². The van der Waals surface area contributed by atoms with E-state index in [1.165, 1.54) is 11.1 Å². The summed E-state index contributed by atoms with van der Waals surface area (Å²) in [5.74, 6) is 1.83. The summed E-state index contributed by atoms with van der Waals surface area (Å²) in [4.78, 5) is 4.35. The highest BCUT2D eigenvalue weighted by Gasteiger charge is 2.30. The molecule has 2 heterocycles. The second-order valence-corrected chi connectivity index (χ2v) is 6.37. The molecular weight excluding hydrogens is 314 g/mol. The monoisotopic (exact) mass is 335 g/mol. The maximum Gasteiger partial charge on any atom is 0.241 e. The lowest BCUT2D eigenvalue weighted by molar-refractivity contribution is 0.411. The molecule has 25 heavy (non-hydrogen) atoms. The Bertz CT molecular complexity index is 870. The molecule has 0 unspecified atom stereocenters. The van der Waals surface area contributed by atoms with Gasteiger partial charge in [-0.05, 0) is 36.6 Å². The average Bonchev–Trinajstić information content (AvgIpc) is 3.01. The van der Waals surface area contributed by atoms with Crippen molar-refractivity contribution in [2.45, 2.75) is 25.4 Å². The zero-order valence-corrected chi connectivity index (χ0v) is 14.3. The van der Waals surface area contributed by atoms with Gasteiger partial charge >= 0.3 is 0 Å². The van der Waals surface area contributed by atoms with Crippen molar-refractivity contribution in [2.24, 2.45) is 0 Å². The molecule has 6 nitrogen and oxygen atoms in total. The Morgan fingerprint density at radius 3 is 2.44 bits per heavy atom. The van der Waals surface area contributed by atoms with Gasteiger partial charge in [-0.3, -0.25) is 0 Å². The highest BCUT2D eigenvalue weighted by atomic mass is 16.5. The lowest BCUT2D eigenvalue weighted by atomic mass is 9.93. The van der Waals surface area contributed by atoms with E-state index in [9.17, 15) is 0 Å². The molecule has 4 rings (SSSR count). The van der Waals surface area contributed by atoms with E-state index in [-0.39, 0.29) is 18.0 Å². The van der Waals surface area contributed by atoms with Crippen molar-refractivity contribution in [1.82, 2.24) is 14.8 Å². The standard InChI is InChI=1S/C19H21N5O/c1-12-3-5-13(6-4-12)16-11-17(14-7-9-15(25-2)10-8-14)24-19(21-16)22-18(20)23-24/h3-10,16-17H,11H2,1-2H3,(H3,20,21,22,23)/t16-,17-/m1/s1. The van der Waals surface area contributed by atoms with Gasteiger partial charge in [-0.25, -0.2) is 4.68 Å². The first-order valence-electron chi connectivity index (χ1n) is 8.33. The van der Waals surface area contributed by atoms with Crippen molar-refractivity contribution in [3.63, 3.8) is 0 Å². The first kappa shape index (κ1) is 15.5. The number of hydrogen-bond acceptors (Lipinski definition) is 5. The Kier molecular flexibility index (Phi) is 3.80. The Morgan fingerprint density at radius 1 is 1.08 bits per heavy atom. The van der Waals surface area contributed by atoms with Crippen LogP contribution in [0.4, 0.5) is 11.9 Å². The van der Waals surface area contributed by atoms with E-state index >= 15 is 0 Å². The number of fused-ring (bicyclic) bond motifs is 1. The third kappa shape index (κ3) is 2.91. The molecule has 128 valence electrons. The third-order valence-corrected chi connectivity index (χ3v) is 4.69. The van der Waals surface area contributed by atoms with Crippen LogP contribution in [0.25, 0.3) is 0 Å². The summed E-state index contributed by atoms with van der Waals surface area (Å²) in [6.45, 7) is 2.09. The number of rotatable bonds is 3. The van der Waals surface area contributed by atoms with Gasteiger partial charge in [0.1, 0.15) is 5.75 Å². The topological polar surface area (TPSA) is 78.0 Å². The molecule has 1 aliphatic rings. The Morgan fingerprint density at radius 2 is 1.76 bits per heavy atom. The van der Waals surface area contributed by atoms with Crippen LogP contribution in [-0.2, 0) is 0 Å². The number of nitrogens with zero attached hydrogens (tertiary/aromatic N) is 3. The summed E-state index contributed by atoms with van der Waals surface area (Å²) >= 11 is 0. The van der Waals surface area contributed by atoms with Gasteiger partial charge in [-0.2, -0.15) is 4.98 Å². The largest absolute Gasteiger partial charge is 0.497 e. The molecule has 2 atom stereocenters. The van der Waals surface area contributed by atoms with Gasteiger partial charge < -0.3 is 15.8 Å². The fourth-order valence-corrected chi connectivity index (χ4v) is 3.31. The third-order valence-electron chi connectivity index (χ3n) is 4.69. The quantitative estimate of drug-likeness (QED) is 0.768. The zero-order valence-electron chi connectivity index (χ0n) is 14.3. The molecule has 0 saturated carbocycles. The molecular formula is C19H21N5O. The van der Waals surface area contributed by atoms with Crippen LogP contribution in [-0.4, -0.2) is 21.9 Å². The number of methoxy groups -OCH3 is 1. The zero-order chi connectivity index (χ0) is 17.4. The van der Waals surface area contributed by atoms with Crippen LogP contribution < -0.4 is 15.8 Å². The minimum atomic E-state index is 0.0678. The van der Waals surface area contributed by atoms with E-state index in [4.69, 9.17) is 10.5 Å². The number of benzene rings is 2. The van der Waals surface area contributed by atoms with Crippen LogP contribution in [0, 0.1) is 6.92 Å².